The van der Waals surface area contributed by atoms with E-state index in [2.05, 4.69) is 10.0 Å². The summed E-state index contributed by atoms with van der Waals surface area (Å²) >= 11 is 0. The number of carboxylic acids is 1. The molecule has 17 heavy (non-hydrogen) atoms. The average molecular weight is 252 g/mol. The lowest BCUT2D eigenvalue weighted by Crippen LogP contribution is -2.47. The van der Waals surface area contributed by atoms with Crippen molar-refractivity contribution in [1.82, 2.24) is 4.90 Å². The predicted octanol–water partition coefficient (Wildman–Crippen LogP) is 0.913. The topological polar surface area (TPSA) is 106 Å². The molecule has 1 aliphatic heterocycles. The Balaban J connectivity index is 2.93. The maximum Gasteiger partial charge on any atom is 0.471 e. The van der Waals surface area contributed by atoms with Gasteiger partial charge >= 0.3 is 18.1 Å². The van der Waals surface area contributed by atoms with Gasteiger partial charge in [0, 0.05) is 11.5 Å². The van der Waals surface area contributed by atoms with Gasteiger partial charge in [0.15, 0.2) is 0 Å². The molecule has 0 aromatic heterocycles. The molecule has 0 aromatic rings. The van der Waals surface area contributed by atoms with E-state index in [1.54, 1.807) is 0 Å². The summed E-state index contributed by atoms with van der Waals surface area (Å²) in [4.78, 5) is 24.2. The van der Waals surface area contributed by atoms with Crippen LogP contribution in [0.2, 0.25) is 0 Å². The summed E-state index contributed by atoms with van der Waals surface area (Å²) in [7, 11) is 0. The normalized spacial score (nSPS) is 24.3. The molecule has 1 heterocycles. The second-order valence-corrected chi connectivity index (χ2v) is 3.40. The monoisotopic (exact) mass is 252 g/mol. The van der Waals surface area contributed by atoms with Gasteiger partial charge in [-0.15, -0.1) is 0 Å². The Bertz CT molecular complexity index is 390. The first-order chi connectivity index (χ1) is 7.77. The van der Waals surface area contributed by atoms with E-state index in [9.17, 15) is 22.8 Å². The van der Waals surface area contributed by atoms with Crippen LogP contribution in [-0.2, 0) is 9.59 Å². The molecule has 0 bridgehead atoms. The first kappa shape index (κ1) is 13.1. The number of carbonyl (C=O) groups is 2. The molecular weight excluding hydrogens is 245 g/mol. The van der Waals surface area contributed by atoms with E-state index >= 15 is 0 Å². The zero-order valence-electron chi connectivity index (χ0n) is 8.26. The fraction of sp³-hybridized carbons (Fsp3) is 0.714. The highest BCUT2D eigenvalue weighted by atomic mass is 19.4. The predicted molar refractivity (Wildman–Crippen MR) is 46.7 cm³/mol. The van der Waals surface area contributed by atoms with E-state index in [1.807, 2.05) is 0 Å². The first-order valence-corrected chi connectivity index (χ1v) is 4.42. The molecule has 0 spiro atoms. The maximum absolute atomic E-state index is 12.2. The molecule has 0 unspecified atom stereocenters. The average Bonchev–Trinajstić information content (AvgIpc) is 2.59. The molecule has 1 rings (SSSR count). The van der Waals surface area contributed by atoms with E-state index in [-0.39, 0.29) is 11.3 Å². The van der Waals surface area contributed by atoms with Crippen molar-refractivity contribution in [3.8, 4) is 0 Å². The van der Waals surface area contributed by atoms with Crippen LogP contribution in [0.15, 0.2) is 5.11 Å². The number of carboxylic acid groups (broad SMARTS) is 1. The highest BCUT2D eigenvalue weighted by Gasteiger charge is 2.49. The molecule has 0 aliphatic carbocycles. The minimum atomic E-state index is -5.14. The number of rotatable bonds is 2. The van der Waals surface area contributed by atoms with Crippen LogP contribution in [0.1, 0.15) is 6.42 Å². The molecule has 0 radical (unpaired) electrons. The third-order valence-corrected chi connectivity index (χ3v) is 2.28. The standard InChI is InChI=1S/C7H7F3N4O3/c8-7(9,10)6(17)14-2-3(12-13-11)1-4(14)5(15)16/h3-4H,1-2H2,(H,15,16)/t3-,4+/m1/s1. The largest absolute Gasteiger partial charge is 0.480 e. The number of likely N-dealkylation sites (tertiary alicyclic amines) is 1. The Hall–Kier alpha value is -1.96. The summed E-state index contributed by atoms with van der Waals surface area (Å²) in [6.45, 7) is -0.542. The van der Waals surface area contributed by atoms with Crippen molar-refractivity contribution < 1.29 is 27.9 Å². The van der Waals surface area contributed by atoms with Gasteiger partial charge in [-0.05, 0) is 12.0 Å². The van der Waals surface area contributed by atoms with Gasteiger partial charge < -0.3 is 10.0 Å². The molecule has 94 valence electrons. The molecule has 0 saturated carbocycles. The highest BCUT2D eigenvalue weighted by molar-refractivity contribution is 5.87. The molecule has 1 fully saturated rings. The van der Waals surface area contributed by atoms with Crippen molar-refractivity contribution in [3.05, 3.63) is 10.4 Å². The second kappa shape index (κ2) is 4.50. The zero-order valence-corrected chi connectivity index (χ0v) is 8.26. The fourth-order valence-electron chi connectivity index (χ4n) is 1.59. The quantitative estimate of drug-likeness (QED) is 0.448. The van der Waals surface area contributed by atoms with E-state index in [4.69, 9.17) is 10.6 Å². The molecule has 10 heteroatoms. The molecule has 1 saturated heterocycles. The number of amides is 1. The van der Waals surface area contributed by atoms with Crippen LogP contribution in [0, 0.1) is 0 Å². The minimum absolute atomic E-state index is 0.168. The van der Waals surface area contributed by atoms with Gasteiger partial charge in [0.2, 0.25) is 0 Å². The minimum Gasteiger partial charge on any atom is -0.480 e. The number of hydrogen-bond donors (Lipinski definition) is 1. The number of nitrogens with zero attached hydrogens (tertiary/aromatic N) is 4. The van der Waals surface area contributed by atoms with Crippen LogP contribution in [0.25, 0.3) is 10.4 Å². The van der Waals surface area contributed by atoms with Crippen molar-refractivity contribution >= 4 is 11.9 Å². The van der Waals surface area contributed by atoms with Crippen LogP contribution in [0.5, 0.6) is 0 Å². The summed E-state index contributed by atoms with van der Waals surface area (Å²) in [6.07, 6.45) is -5.46. The van der Waals surface area contributed by atoms with Crippen molar-refractivity contribution in [2.24, 2.45) is 5.11 Å². The Labute approximate surface area is 92.4 Å². The van der Waals surface area contributed by atoms with Gasteiger partial charge in [-0.1, -0.05) is 5.11 Å². The van der Waals surface area contributed by atoms with Gasteiger partial charge in [0.05, 0.1) is 6.04 Å². The van der Waals surface area contributed by atoms with Crippen molar-refractivity contribution in [3.63, 3.8) is 0 Å². The maximum atomic E-state index is 12.2. The van der Waals surface area contributed by atoms with Crippen molar-refractivity contribution in [2.45, 2.75) is 24.7 Å². The van der Waals surface area contributed by atoms with Gasteiger partial charge in [0.1, 0.15) is 6.04 Å². The number of hydrogen-bond acceptors (Lipinski definition) is 3. The third-order valence-electron chi connectivity index (χ3n) is 2.28. The summed E-state index contributed by atoms with van der Waals surface area (Å²) in [6, 6.07) is -2.56. The Kier molecular flexibility index (Phi) is 3.47. The number of halogens is 3. The second-order valence-electron chi connectivity index (χ2n) is 3.40. The summed E-state index contributed by atoms with van der Waals surface area (Å²) in [5, 5.41) is 11.8. The molecule has 2 atom stereocenters. The molecule has 1 aliphatic rings. The van der Waals surface area contributed by atoms with Gasteiger partial charge in [0.25, 0.3) is 0 Å². The molecule has 1 N–H and O–H groups in total. The summed E-state index contributed by atoms with van der Waals surface area (Å²) in [5.41, 5.74) is 8.12. The SMILES string of the molecule is [N-]=[N+]=N[C@@H]1C[C@@H](C(=O)O)N(C(=O)C(F)(F)F)C1. The third kappa shape index (κ3) is 2.78. The van der Waals surface area contributed by atoms with Gasteiger partial charge in [-0.2, -0.15) is 13.2 Å². The Morgan fingerprint density at radius 1 is 1.47 bits per heavy atom. The molecule has 7 nitrogen and oxygen atoms in total. The van der Waals surface area contributed by atoms with Crippen LogP contribution < -0.4 is 0 Å². The van der Waals surface area contributed by atoms with Gasteiger partial charge in [-0.3, -0.25) is 4.79 Å². The van der Waals surface area contributed by atoms with Crippen LogP contribution >= 0.6 is 0 Å². The lowest BCUT2D eigenvalue weighted by Gasteiger charge is -2.22. The van der Waals surface area contributed by atoms with Gasteiger partial charge in [-0.25, -0.2) is 4.79 Å². The number of aliphatic carboxylic acids is 1. The summed E-state index contributed by atoms with van der Waals surface area (Å²) in [5.74, 6) is -3.79. The van der Waals surface area contributed by atoms with Crippen LogP contribution in [0.3, 0.4) is 0 Å². The van der Waals surface area contributed by atoms with Crippen molar-refractivity contribution in [1.29, 1.82) is 0 Å². The summed E-state index contributed by atoms with van der Waals surface area (Å²) < 4.78 is 36.5. The Morgan fingerprint density at radius 3 is 2.47 bits per heavy atom. The lowest BCUT2D eigenvalue weighted by atomic mass is 10.2. The molecule has 1 amide bonds. The molecule has 0 aromatic carbocycles. The Morgan fingerprint density at radius 2 is 2.06 bits per heavy atom. The van der Waals surface area contributed by atoms with Crippen LogP contribution in [-0.4, -0.2) is 46.7 Å². The number of azide groups is 1. The molecular formula is C7H7F3N4O3. The lowest BCUT2D eigenvalue weighted by molar-refractivity contribution is -0.188. The van der Waals surface area contributed by atoms with Crippen molar-refractivity contribution in [2.75, 3.05) is 6.54 Å². The smallest absolute Gasteiger partial charge is 0.471 e. The van der Waals surface area contributed by atoms with E-state index in [1.165, 1.54) is 0 Å². The number of alkyl halides is 3. The van der Waals surface area contributed by atoms with E-state index < -0.39 is 36.7 Å². The van der Waals surface area contributed by atoms with E-state index in [0.717, 1.165) is 0 Å². The zero-order chi connectivity index (χ0) is 13.2. The fourth-order valence-corrected chi connectivity index (χ4v) is 1.59. The van der Waals surface area contributed by atoms with E-state index in [0.29, 0.717) is 0 Å². The van der Waals surface area contributed by atoms with Crippen LogP contribution in [0.4, 0.5) is 13.2 Å². The number of carbonyl (C=O) groups excluding carboxylic acids is 1. The highest BCUT2D eigenvalue weighted by Crippen LogP contribution is 2.27. The first-order valence-electron chi connectivity index (χ1n) is 4.42.